The van der Waals surface area contributed by atoms with E-state index in [0.717, 1.165) is 18.4 Å². The summed E-state index contributed by atoms with van der Waals surface area (Å²) in [6, 6.07) is 6.01. The van der Waals surface area contributed by atoms with E-state index in [2.05, 4.69) is 25.1 Å². The zero-order valence-electron chi connectivity index (χ0n) is 9.08. The first-order valence-corrected chi connectivity index (χ1v) is 5.12. The zero-order chi connectivity index (χ0) is 10.6. The van der Waals surface area contributed by atoms with Gasteiger partial charge in [-0.3, -0.25) is 0 Å². The summed E-state index contributed by atoms with van der Waals surface area (Å²) in [6.45, 7) is 6.37. The van der Waals surface area contributed by atoms with E-state index in [1.54, 1.807) is 0 Å². The number of nitrogens with zero attached hydrogens (tertiary/aromatic N) is 1. The summed E-state index contributed by atoms with van der Waals surface area (Å²) in [6.07, 6.45) is 1.87. The summed E-state index contributed by atoms with van der Waals surface area (Å²) in [7, 11) is 0. The molecule has 14 heavy (non-hydrogen) atoms. The molecule has 1 aromatic carbocycles. The molecule has 2 nitrogen and oxygen atoms in total. The lowest BCUT2D eigenvalue weighted by Gasteiger charge is -2.07. The summed E-state index contributed by atoms with van der Waals surface area (Å²) in [5.41, 5.74) is 2.84. The number of benzene rings is 1. The molecule has 0 radical (unpaired) electrons. The molecule has 0 aliphatic heterocycles. The fraction of sp³-hybridized carbons (Fsp3) is 0.500. The van der Waals surface area contributed by atoms with Crippen LogP contribution < -0.4 is 0 Å². The van der Waals surface area contributed by atoms with E-state index < -0.39 is 0 Å². The Balaban J connectivity index is 2.95. The van der Waals surface area contributed by atoms with Crippen molar-refractivity contribution in [3.05, 3.63) is 34.2 Å². The molecule has 0 aromatic heterocycles. The molecule has 0 saturated heterocycles. The SMILES string of the molecule is CCc1ccc(CC(C)C)cc1N=O. The van der Waals surface area contributed by atoms with Crippen molar-refractivity contribution in [2.45, 2.75) is 33.6 Å². The average molecular weight is 191 g/mol. The van der Waals surface area contributed by atoms with Crippen LogP contribution in [-0.2, 0) is 12.8 Å². The second-order valence-corrected chi connectivity index (χ2v) is 4.01. The van der Waals surface area contributed by atoms with E-state index in [9.17, 15) is 4.91 Å². The van der Waals surface area contributed by atoms with Gasteiger partial charge in [-0.2, -0.15) is 0 Å². The summed E-state index contributed by atoms with van der Waals surface area (Å²) in [5, 5.41) is 3.06. The van der Waals surface area contributed by atoms with Gasteiger partial charge < -0.3 is 0 Å². The Hall–Kier alpha value is -1.18. The predicted molar refractivity (Wildman–Crippen MR) is 59.8 cm³/mol. The van der Waals surface area contributed by atoms with Crippen molar-refractivity contribution < 1.29 is 0 Å². The maximum absolute atomic E-state index is 10.6. The first kappa shape index (κ1) is 10.9. The van der Waals surface area contributed by atoms with Gasteiger partial charge in [-0.15, -0.1) is 4.91 Å². The van der Waals surface area contributed by atoms with Crippen molar-refractivity contribution >= 4 is 5.69 Å². The third-order valence-corrected chi connectivity index (χ3v) is 2.27. The molecule has 2 heteroatoms. The zero-order valence-corrected chi connectivity index (χ0v) is 9.08. The molecule has 1 aromatic rings. The van der Waals surface area contributed by atoms with E-state index in [-0.39, 0.29) is 0 Å². The van der Waals surface area contributed by atoms with Crippen LogP contribution in [0, 0.1) is 10.8 Å². The second kappa shape index (κ2) is 4.89. The van der Waals surface area contributed by atoms with Crippen LogP contribution in [0.2, 0.25) is 0 Å². The lowest BCUT2D eigenvalue weighted by molar-refractivity contribution is 0.647. The monoisotopic (exact) mass is 191 g/mol. The van der Waals surface area contributed by atoms with Crippen LogP contribution in [0.5, 0.6) is 0 Å². The van der Waals surface area contributed by atoms with Gasteiger partial charge in [-0.25, -0.2) is 0 Å². The highest BCUT2D eigenvalue weighted by molar-refractivity contribution is 5.48. The van der Waals surface area contributed by atoms with Crippen LogP contribution in [0.25, 0.3) is 0 Å². The molecule has 0 atom stereocenters. The number of aryl methyl sites for hydroxylation is 1. The molecule has 76 valence electrons. The van der Waals surface area contributed by atoms with E-state index in [1.165, 1.54) is 5.56 Å². The van der Waals surface area contributed by atoms with Gasteiger partial charge in [-0.1, -0.05) is 32.9 Å². The minimum atomic E-state index is 0.602. The highest BCUT2D eigenvalue weighted by Crippen LogP contribution is 2.22. The molecule has 0 saturated carbocycles. The number of rotatable bonds is 4. The Morgan fingerprint density at radius 1 is 1.36 bits per heavy atom. The fourth-order valence-corrected chi connectivity index (χ4v) is 1.59. The van der Waals surface area contributed by atoms with Crippen LogP contribution in [0.3, 0.4) is 0 Å². The number of hydrogen-bond acceptors (Lipinski definition) is 2. The molecule has 0 fully saturated rings. The Bertz CT molecular complexity index is 318. The molecule has 0 bridgehead atoms. The Kier molecular flexibility index (Phi) is 3.81. The largest absolute Gasteiger partial charge is 0.145 e. The van der Waals surface area contributed by atoms with Gasteiger partial charge in [0, 0.05) is 0 Å². The first-order valence-electron chi connectivity index (χ1n) is 5.12. The molecule has 0 unspecified atom stereocenters. The van der Waals surface area contributed by atoms with Crippen LogP contribution in [-0.4, -0.2) is 0 Å². The number of hydrogen-bond donors (Lipinski definition) is 0. The summed E-state index contributed by atoms with van der Waals surface area (Å²) < 4.78 is 0. The van der Waals surface area contributed by atoms with Crippen molar-refractivity contribution in [2.24, 2.45) is 11.1 Å². The molecule has 0 spiro atoms. The molecule has 0 N–H and O–H groups in total. The van der Waals surface area contributed by atoms with Crippen molar-refractivity contribution in [1.29, 1.82) is 0 Å². The lowest BCUT2D eigenvalue weighted by Crippen LogP contribution is -1.94. The van der Waals surface area contributed by atoms with Gasteiger partial charge in [0.1, 0.15) is 5.69 Å². The molecular weight excluding hydrogens is 174 g/mol. The first-order chi connectivity index (χ1) is 6.67. The third-order valence-electron chi connectivity index (χ3n) is 2.27. The minimum Gasteiger partial charge on any atom is -0.145 e. The van der Waals surface area contributed by atoms with Gasteiger partial charge >= 0.3 is 0 Å². The van der Waals surface area contributed by atoms with Crippen LogP contribution in [0.4, 0.5) is 5.69 Å². The van der Waals surface area contributed by atoms with E-state index in [4.69, 9.17) is 0 Å². The van der Waals surface area contributed by atoms with Gasteiger partial charge in [0.2, 0.25) is 0 Å². The van der Waals surface area contributed by atoms with Gasteiger partial charge in [0.05, 0.1) is 0 Å². The molecule has 0 aliphatic carbocycles. The second-order valence-electron chi connectivity index (χ2n) is 4.01. The van der Waals surface area contributed by atoms with E-state index in [0.29, 0.717) is 11.6 Å². The lowest BCUT2D eigenvalue weighted by atomic mass is 10.00. The van der Waals surface area contributed by atoms with Crippen molar-refractivity contribution in [3.63, 3.8) is 0 Å². The maximum atomic E-state index is 10.6. The Morgan fingerprint density at radius 3 is 2.57 bits per heavy atom. The summed E-state index contributed by atoms with van der Waals surface area (Å²) >= 11 is 0. The smallest absolute Gasteiger partial charge is 0.111 e. The van der Waals surface area contributed by atoms with Crippen molar-refractivity contribution in [2.75, 3.05) is 0 Å². The third kappa shape index (κ3) is 2.66. The molecule has 0 aliphatic rings. The maximum Gasteiger partial charge on any atom is 0.111 e. The van der Waals surface area contributed by atoms with E-state index >= 15 is 0 Å². The quantitative estimate of drug-likeness (QED) is 0.665. The molecule has 0 heterocycles. The van der Waals surface area contributed by atoms with Crippen molar-refractivity contribution in [1.82, 2.24) is 0 Å². The van der Waals surface area contributed by atoms with Gasteiger partial charge in [0.15, 0.2) is 0 Å². The van der Waals surface area contributed by atoms with Gasteiger partial charge in [-0.05, 0) is 41.1 Å². The Morgan fingerprint density at radius 2 is 2.07 bits per heavy atom. The standard InChI is InChI=1S/C12H17NO/c1-4-11-6-5-10(7-9(2)3)8-12(11)13-14/h5-6,8-9H,4,7H2,1-3H3. The average Bonchev–Trinajstić information content (AvgIpc) is 2.16. The van der Waals surface area contributed by atoms with Crippen LogP contribution in [0.1, 0.15) is 31.9 Å². The Labute approximate surface area is 85.3 Å². The molecular formula is C12H17NO. The predicted octanol–water partition coefficient (Wildman–Crippen LogP) is 3.85. The minimum absolute atomic E-state index is 0.602. The summed E-state index contributed by atoms with van der Waals surface area (Å²) in [4.78, 5) is 10.6. The fourth-order valence-electron chi connectivity index (χ4n) is 1.59. The molecule has 1 rings (SSSR count). The summed E-state index contributed by atoms with van der Waals surface area (Å²) in [5.74, 6) is 0.613. The highest BCUT2D eigenvalue weighted by atomic mass is 16.3. The highest BCUT2D eigenvalue weighted by Gasteiger charge is 2.04. The topological polar surface area (TPSA) is 29.4 Å². The van der Waals surface area contributed by atoms with Gasteiger partial charge in [0.25, 0.3) is 0 Å². The molecule has 0 amide bonds. The number of nitroso groups, excluding NO2 is 1. The van der Waals surface area contributed by atoms with Crippen LogP contribution >= 0.6 is 0 Å². The van der Waals surface area contributed by atoms with Crippen molar-refractivity contribution in [3.8, 4) is 0 Å². The van der Waals surface area contributed by atoms with E-state index in [1.807, 2.05) is 19.1 Å². The normalized spacial score (nSPS) is 10.6. The van der Waals surface area contributed by atoms with Crippen LogP contribution in [0.15, 0.2) is 23.4 Å².